The molecule has 0 saturated heterocycles. The molecule has 0 fully saturated rings. The van der Waals surface area contributed by atoms with Crippen LogP contribution in [-0.2, 0) is 4.79 Å². The Morgan fingerprint density at radius 3 is 2.12 bits per heavy atom. The molecule has 1 nitrogen and oxygen atoms in total. The summed E-state index contributed by atoms with van der Waals surface area (Å²) in [5.41, 5.74) is 3.36. The van der Waals surface area contributed by atoms with Crippen molar-refractivity contribution in [2.75, 3.05) is 0 Å². The second kappa shape index (κ2) is 5.16. The lowest BCUT2D eigenvalue weighted by Crippen LogP contribution is -2.25. The van der Waals surface area contributed by atoms with E-state index >= 15 is 0 Å². The van der Waals surface area contributed by atoms with Gasteiger partial charge in [0.15, 0.2) is 0 Å². The Kier molecular flexibility index (Phi) is 3.83. The summed E-state index contributed by atoms with van der Waals surface area (Å²) in [6.45, 7) is 4.03. The van der Waals surface area contributed by atoms with Crippen molar-refractivity contribution in [1.82, 2.24) is 0 Å². The monoisotopic (exact) mass is 220 g/mol. The predicted molar refractivity (Wildman–Crippen MR) is 67.3 cm³/mol. The fourth-order valence-corrected chi connectivity index (χ4v) is 3.42. The Balaban J connectivity index is 2.14. The molecular weight excluding hydrogens is 196 g/mol. The fourth-order valence-electron chi connectivity index (χ4n) is 3.42. The van der Waals surface area contributed by atoms with E-state index in [0.29, 0.717) is 17.6 Å². The van der Waals surface area contributed by atoms with Crippen molar-refractivity contribution < 1.29 is 4.79 Å². The molecule has 90 valence electrons. The summed E-state index contributed by atoms with van der Waals surface area (Å²) in [6.07, 6.45) is 10.4. The Bertz CT molecular complexity index is 301. The van der Waals surface area contributed by atoms with Crippen LogP contribution in [0.5, 0.6) is 0 Å². The zero-order valence-electron chi connectivity index (χ0n) is 10.7. The minimum absolute atomic E-state index is 0.318. The van der Waals surface area contributed by atoms with E-state index in [4.69, 9.17) is 0 Å². The lowest BCUT2D eigenvalue weighted by molar-refractivity contribution is -0.122. The third-order valence-electron chi connectivity index (χ3n) is 4.45. The van der Waals surface area contributed by atoms with Gasteiger partial charge in [-0.15, -0.1) is 0 Å². The van der Waals surface area contributed by atoms with Crippen LogP contribution in [0.1, 0.15) is 65.2 Å². The molecular formula is C15H24O. The van der Waals surface area contributed by atoms with Gasteiger partial charge in [-0.1, -0.05) is 30.9 Å². The molecule has 0 heterocycles. The number of carbonyl (C=O) groups is 1. The second-order valence-corrected chi connectivity index (χ2v) is 5.72. The van der Waals surface area contributed by atoms with E-state index in [-0.39, 0.29) is 0 Å². The van der Waals surface area contributed by atoms with Gasteiger partial charge in [-0.2, -0.15) is 0 Å². The number of rotatable bonds is 1. The highest BCUT2D eigenvalue weighted by Gasteiger charge is 2.29. The molecule has 0 aliphatic heterocycles. The highest BCUT2D eigenvalue weighted by molar-refractivity contribution is 5.79. The summed E-state index contributed by atoms with van der Waals surface area (Å²) >= 11 is 0. The minimum Gasteiger partial charge on any atom is -0.300 e. The second-order valence-electron chi connectivity index (χ2n) is 5.72. The standard InChI is InChI=1S/C15H24O/c1-11-9-13-7-5-3-4-6-8-14(13)10-15(11)12(2)16/h11,15H,3-10H2,1-2H3/t11-,15-/m0/s1. The molecule has 2 atom stereocenters. The number of hydrogen-bond donors (Lipinski definition) is 0. The molecule has 0 aromatic rings. The van der Waals surface area contributed by atoms with Gasteiger partial charge in [0.2, 0.25) is 0 Å². The fraction of sp³-hybridized carbons (Fsp3) is 0.800. The summed E-state index contributed by atoms with van der Waals surface area (Å²) in [5, 5.41) is 0. The summed E-state index contributed by atoms with van der Waals surface area (Å²) < 4.78 is 0. The Morgan fingerprint density at radius 2 is 1.56 bits per heavy atom. The Labute approximate surface area is 99.3 Å². The van der Waals surface area contributed by atoms with Gasteiger partial charge in [0.05, 0.1) is 0 Å². The maximum atomic E-state index is 11.6. The molecule has 2 rings (SSSR count). The van der Waals surface area contributed by atoms with Crippen LogP contribution in [0.2, 0.25) is 0 Å². The van der Waals surface area contributed by atoms with Crippen LogP contribution in [0.3, 0.4) is 0 Å². The van der Waals surface area contributed by atoms with Gasteiger partial charge in [-0.3, -0.25) is 4.79 Å². The molecule has 0 saturated carbocycles. The molecule has 0 aromatic heterocycles. The maximum absolute atomic E-state index is 11.6. The summed E-state index contributed by atoms with van der Waals surface area (Å²) in [6, 6.07) is 0. The Morgan fingerprint density at radius 1 is 1.00 bits per heavy atom. The first kappa shape index (κ1) is 11.9. The van der Waals surface area contributed by atoms with Crippen LogP contribution < -0.4 is 0 Å². The molecule has 0 N–H and O–H groups in total. The van der Waals surface area contributed by atoms with Gasteiger partial charge in [-0.05, 0) is 51.4 Å². The van der Waals surface area contributed by atoms with Crippen molar-refractivity contribution in [2.45, 2.75) is 65.2 Å². The molecule has 16 heavy (non-hydrogen) atoms. The molecule has 0 radical (unpaired) electrons. The van der Waals surface area contributed by atoms with Gasteiger partial charge < -0.3 is 0 Å². The van der Waals surface area contributed by atoms with Crippen LogP contribution in [0.25, 0.3) is 0 Å². The topological polar surface area (TPSA) is 17.1 Å². The van der Waals surface area contributed by atoms with Crippen molar-refractivity contribution in [3.63, 3.8) is 0 Å². The van der Waals surface area contributed by atoms with Crippen LogP contribution in [0, 0.1) is 11.8 Å². The number of ketones is 1. The molecule has 0 amide bonds. The first-order valence-corrected chi connectivity index (χ1v) is 6.88. The van der Waals surface area contributed by atoms with Gasteiger partial charge in [0.25, 0.3) is 0 Å². The lowest BCUT2D eigenvalue weighted by Gasteiger charge is -2.32. The lowest BCUT2D eigenvalue weighted by atomic mass is 9.72. The van der Waals surface area contributed by atoms with Crippen molar-refractivity contribution >= 4 is 5.78 Å². The van der Waals surface area contributed by atoms with Crippen molar-refractivity contribution in [2.24, 2.45) is 11.8 Å². The smallest absolute Gasteiger partial charge is 0.133 e. The number of carbonyl (C=O) groups excluding carboxylic acids is 1. The van der Waals surface area contributed by atoms with E-state index < -0.39 is 0 Å². The minimum atomic E-state index is 0.318. The van der Waals surface area contributed by atoms with Gasteiger partial charge >= 0.3 is 0 Å². The normalized spacial score (nSPS) is 31.6. The zero-order chi connectivity index (χ0) is 11.5. The Hall–Kier alpha value is -0.590. The van der Waals surface area contributed by atoms with Gasteiger partial charge in [-0.25, -0.2) is 0 Å². The summed E-state index contributed by atoms with van der Waals surface area (Å²) in [4.78, 5) is 11.6. The van der Waals surface area contributed by atoms with E-state index in [0.717, 1.165) is 6.42 Å². The van der Waals surface area contributed by atoms with Crippen LogP contribution >= 0.6 is 0 Å². The van der Waals surface area contributed by atoms with E-state index in [1.165, 1.54) is 44.9 Å². The van der Waals surface area contributed by atoms with Gasteiger partial charge in [0, 0.05) is 5.92 Å². The first-order chi connectivity index (χ1) is 7.68. The number of allylic oxidation sites excluding steroid dienone is 2. The average molecular weight is 220 g/mol. The summed E-state index contributed by atoms with van der Waals surface area (Å²) in [5.74, 6) is 1.30. The van der Waals surface area contributed by atoms with Crippen LogP contribution in [0.4, 0.5) is 0 Å². The molecule has 2 aliphatic carbocycles. The highest BCUT2D eigenvalue weighted by Crippen LogP contribution is 2.39. The van der Waals surface area contributed by atoms with Crippen molar-refractivity contribution in [3.8, 4) is 0 Å². The van der Waals surface area contributed by atoms with E-state index in [9.17, 15) is 4.79 Å². The maximum Gasteiger partial charge on any atom is 0.133 e. The molecule has 0 unspecified atom stereocenters. The molecule has 0 spiro atoms. The average Bonchev–Trinajstić information content (AvgIpc) is 2.20. The zero-order valence-corrected chi connectivity index (χ0v) is 10.7. The molecule has 1 heteroatoms. The van der Waals surface area contributed by atoms with Crippen LogP contribution in [0.15, 0.2) is 11.1 Å². The molecule has 0 bridgehead atoms. The van der Waals surface area contributed by atoms with E-state index in [1.54, 1.807) is 18.1 Å². The SMILES string of the molecule is CC(=O)[C@H]1CC2=C(CCCCCC2)C[C@@H]1C. The number of Topliss-reactive ketones (excluding diaryl/α,β-unsaturated/α-hetero) is 1. The first-order valence-electron chi connectivity index (χ1n) is 6.88. The van der Waals surface area contributed by atoms with Crippen molar-refractivity contribution in [3.05, 3.63) is 11.1 Å². The largest absolute Gasteiger partial charge is 0.300 e. The predicted octanol–water partition coefficient (Wildman–Crippen LogP) is 4.27. The quantitative estimate of drug-likeness (QED) is 0.603. The van der Waals surface area contributed by atoms with E-state index in [1.807, 2.05) is 0 Å². The van der Waals surface area contributed by atoms with Crippen LogP contribution in [-0.4, -0.2) is 5.78 Å². The van der Waals surface area contributed by atoms with E-state index in [2.05, 4.69) is 6.92 Å². The number of hydrogen-bond acceptors (Lipinski definition) is 1. The third kappa shape index (κ3) is 2.56. The van der Waals surface area contributed by atoms with Gasteiger partial charge in [0.1, 0.15) is 5.78 Å². The highest BCUT2D eigenvalue weighted by atomic mass is 16.1. The third-order valence-corrected chi connectivity index (χ3v) is 4.45. The molecule has 2 aliphatic rings. The van der Waals surface area contributed by atoms with Crippen molar-refractivity contribution in [1.29, 1.82) is 0 Å². The molecule has 0 aromatic carbocycles. The summed E-state index contributed by atoms with van der Waals surface area (Å²) in [7, 11) is 0.